The first kappa shape index (κ1) is 16.2. The largest absolute Gasteiger partial charge is 0.496 e. The summed E-state index contributed by atoms with van der Waals surface area (Å²) >= 11 is 3.56. The minimum absolute atomic E-state index is 0.476. The highest BCUT2D eigenvalue weighted by molar-refractivity contribution is 9.10. The lowest BCUT2D eigenvalue weighted by Crippen LogP contribution is -2.48. The van der Waals surface area contributed by atoms with Crippen LogP contribution in [0.3, 0.4) is 0 Å². The third-order valence-corrected chi connectivity index (χ3v) is 5.19. The second-order valence-corrected chi connectivity index (χ2v) is 7.04. The van der Waals surface area contributed by atoms with E-state index >= 15 is 0 Å². The van der Waals surface area contributed by atoms with Crippen molar-refractivity contribution in [3.63, 3.8) is 0 Å². The maximum atomic E-state index is 5.74. The number of nitrogens with zero attached hydrogens (tertiary/aromatic N) is 2. The van der Waals surface area contributed by atoms with Gasteiger partial charge in [-0.2, -0.15) is 0 Å². The van der Waals surface area contributed by atoms with E-state index in [4.69, 9.17) is 9.47 Å². The summed E-state index contributed by atoms with van der Waals surface area (Å²) < 4.78 is 12.1. The molecule has 0 N–H and O–H groups in total. The number of hydrogen-bond donors (Lipinski definition) is 0. The van der Waals surface area contributed by atoms with Crippen molar-refractivity contribution in [1.29, 1.82) is 0 Å². The van der Waals surface area contributed by atoms with E-state index in [1.807, 2.05) is 6.07 Å². The molecule has 0 aliphatic carbocycles. The van der Waals surface area contributed by atoms with E-state index in [0.717, 1.165) is 56.1 Å². The maximum absolute atomic E-state index is 5.74. The van der Waals surface area contributed by atoms with E-state index in [1.165, 1.54) is 18.4 Å². The standard InChI is InChI=1S/C17H25BrN2O2/c1-21-17-5-4-14(11-16(17)18)12-19-6-8-20(9-7-19)13-15-3-2-10-22-15/h4-5,11,15H,2-3,6-10,12-13H2,1H3. The third-order valence-electron chi connectivity index (χ3n) is 4.57. The van der Waals surface area contributed by atoms with Gasteiger partial charge in [0.2, 0.25) is 0 Å². The predicted octanol–water partition coefficient (Wildman–Crippen LogP) is 2.75. The van der Waals surface area contributed by atoms with Gasteiger partial charge >= 0.3 is 0 Å². The molecule has 2 aliphatic rings. The number of ether oxygens (including phenoxy) is 2. The second kappa shape index (κ2) is 7.77. The van der Waals surface area contributed by atoms with Crippen LogP contribution in [-0.2, 0) is 11.3 Å². The van der Waals surface area contributed by atoms with E-state index in [1.54, 1.807) is 7.11 Å². The van der Waals surface area contributed by atoms with Gasteiger partial charge in [-0.15, -0.1) is 0 Å². The van der Waals surface area contributed by atoms with Crippen molar-refractivity contribution >= 4 is 15.9 Å². The van der Waals surface area contributed by atoms with Crippen LogP contribution in [0.25, 0.3) is 0 Å². The molecule has 0 spiro atoms. The van der Waals surface area contributed by atoms with Gasteiger partial charge in [-0.3, -0.25) is 9.80 Å². The molecule has 2 fully saturated rings. The van der Waals surface area contributed by atoms with E-state index in [0.29, 0.717) is 6.10 Å². The molecule has 2 saturated heterocycles. The monoisotopic (exact) mass is 368 g/mol. The average Bonchev–Trinajstić information content (AvgIpc) is 3.02. The van der Waals surface area contributed by atoms with Crippen molar-refractivity contribution in [3.05, 3.63) is 28.2 Å². The summed E-state index contributed by atoms with van der Waals surface area (Å²) in [5.41, 5.74) is 1.33. The van der Waals surface area contributed by atoms with Crippen molar-refractivity contribution < 1.29 is 9.47 Å². The molecule has 2 aliphatic heterocycles. The Hall–Kier alpha value is -0.620. The number of piperazine rings is 1. The summed E-state index contributed by atoms with van der Waals surface area (Å²) in [5, 5.41) is 0. The van der Waals surface area contributed by atoms with Crippen molar-refractivity contribution in [3.8, 4) is 5.75 Å². The molecule has 1 aromatic carbocycles. The van der Waals surface area contributed by atoms with Gasteiger partial charge in [0, 0.05) is 45.9 Å². The number of rotatable bonds is 5. The van der Waals surface area contributed by atoms with Gasteiger partial charge in [0.1, 0.15) is 5.75 Å². The number of benzene rings is 1. The highest BCUT2D eigenvalue weighted by Crippen LogP contribution is 2.26. The van der Waals surface area contributed by atoms with Crippen molar-refractivity contribution in [2.75, 3.05) is 46.4 Å². The number of methoxy groups -OCH3 is 1. The highest BCUT2D eigenvalue weighted by atomic mass is 79.9. The molecule has 0 amide bonds. The molecule has 2 heterocycles. The van der Waals surface area contributed by atoms with E-state index < -0.39 is 0 Å². The number of halogens is 1. The van der Waals surface area contributed by atoms with E-state index in [-0.39, 0.29) is 0 Å². The molecule has 5 heteroatoms. The van der Waals surface area contributed by atoms with Crippen LogP contribution in [-0.4, -0.2) is 62.3 Å². The first-order valence-electron chi connectivity index (χ1n) is 8.13. The van der Waals surface area contributed by atoms with Gasteiger partial charge < -0.3 is 9.47 Å². The Bertz CT molecular complexity index is 484. The van der Waals surface area contributed by atoms with Gasteiger partial charge in [-0.25, -0.2) is 0 Å². The lowest BCUT2D eigenvalue weighted by atomic mass is 10.1. The van der Waals surface area contributed by atoms with Crippen LogP contribution in [0, 0.1) is 0 Å². The average molecular weight is 369 g/mol. The first-order chi connectivity index (χ1) is 10.7. The summed E-state index contributed by atoms with van der Waals surface area (Å²) in [4.78, 5) is 5.08. The van der Waals surface area contributed by atoms with Crippen molar-refractivity contribution in [2.45, 2.75) is 25.5 Å². The van der Waals surface area contributed by atoms with Gasteiger partial charge in [-0.1, -0.05) is 6.07 Å². The molecule has 22 heavy (non-hydrogen) atoms. The molecule has 3 rings (SSSR count). The molecule has 122 valence electrons. The topological polar surface area (TPSA) is 24.9 Å². The lowest BCUT2D eigenvalue weighted by molar-refractivity contribution is 0.0489. The Labute approximate surface area is 141 Å². The second-order valence-electron chi connectivity index (χ2n) is 6.18. The molecule has 4 nitrogen and oxygen atoms in total. The van der Waals surface area contributed by atoms with Crippen LogP contribution in [0.5, 0.6) is 5.75 Å². The van der Waals surface area contributed by atoms with Gasteiger partial charge in [0.25, 0.3) is 0 Å². The van der Waals surface area contributed by atoms with Gasteiger partial charge in [0.05, 0.1) is 17.7 Å². The van der Waals surface area contributed by atoms with E-state index in [2.05, 4.69) is 37.9 Å². The van der Waals surface area contributed by atoms with Crippen LogP contribution in [0.15, 0.2) is 22.7 Å². The van der Waals surface area contributed by atoms with Crippen LogP contribution in [0.4, 0.5) is 0 Å². The van der Waals surface area contributed by atoms with Crippen LogP contribution < -0.4 is 4.74 Å². The molecule has 0 bridgehead atoms. The lowest BCUT2D eigenvalue weighted by Gasteiger charge is -2.35. The minimum atomic E-state index is 0.476. The van der Waals surface area contributed by atoms with Crippen LogP contribution in [0.1, 0.15) is 18.4 Å². The highest BCUT2D eigenvalue weighted by Gasteiger charge is 2.22. The van der Waals surface area contributed by atoms with Crippen molar-refractivity contribution in [2.24, 2.45) is 0 Å². The normalized spacial score (nSPS) is 23.8. The van der Waals surface area contributed by atoms with Crippen LogP contribution in [0.2, 0.25) is 0 Å². The minimum Gasteiger partial charge on any atom is -0.496 e. The Morgan fingerprint density at radius 2 is 2.00 bits per heavy atom. The number of hydrogen-bond acceptors (Lipinski definition) is 4. The molecule has 1 aromatic rings. The molecular formula is C17H25BrN2O2. The zero-order valence-corrected chi connectivity index (χ0v) is 14.8. The summed E-state index contributed by atoms with van der Waals surface area (Å²) in [6.45, 7) is 7.65. The zero-order chi connectivity index (χ0) is 15.4. The SMILES string of the molecule is COc1ccc(CN2CCN(CC3CCCO3)CC2)cc1Br. The Morgan fingerprint density at radius 3 is 2.64 bits per heavy atom. The molecule has 0 saturated carbocycles. The summed E-state index contributed by atoms with van der Waals surface area (Å²) in [6, 6.07) is 6.35. The van der Waals surface area contributed by atoms with Gasteiger partial charge in [-0.05, 0) is 46.5 Å². The van der Waals surface area contributed by atoms with E-state index in [9.17, 15) is 0 Å². The third kappa shape index (κ3) is 4.22. The molecule has 0 radical (unpaired) electrons. The first-order valence-corrected chi connectivity index (χ1v) is 8.92. The van der Waals surface area contributed by atoms with Crippen molar-refractivity contribution in [1.82, 2.24) is 9.80 Å². The molecular weight excluding hydrogens is 344 g/mol. The zero-order valence-electron chi connectivity index (χ0n) is 13.3. The van der Waals surface area contributed by atoms with Gasteiger partial charge in [0.15, 0.2) is 0 Å². The molecule has 0 aromatic heterocycles. The quantitative estimate of drug-likeness (QED) is 0.797. The fourth-order valence-corrected chi connectivity index (χ4v) is 3.86. The fraction of sp³-hybridized carbons (Fsp3) is 0.647. The molecule has 1 atom stereocenters. The molecule has 1 unspecified atom stereocenters. The fourth-order valence-electron chi connectivity index (χ4n) is 3.27. The summed E-state index contributed by atoms with van der Waals surface area (Å²) in [6.07, 6.45) is 2.95. The maximum Gasteiger partial charge on any atom is 0.133 e. The Kier molecular flexibility index (Phi) is 5.74. The Balaban J connectivity index is 1.46. The Morgan fingerprint density at radius 1 is 1.23 bits per heavy atom. The predicted molar refractivity (Wildman–Crippen MR) is 91.4 cm³/mol. The smallest absolute Gasteiger partial charge is 0.133 e. The summed E-state index contributed by atoms with van der Waals surface area (Å²) in [7, 11) is 1.70. The van der Waals surface area contributed by atoms with Crippen LogP contribution >= 0.6 is 15.9 Å². The summed E-state index contributed by atoms with van der Waals surface area (Å²) in [5.74, 6) is 0.894.